The molecule has 0 saturated heterocycles. The molecule has 0 unspecified atom stereocenters. The van der Waals surface area contributed by atoms with Crippen molar-refractivity contribution in [2.45, 2.75) is 19.4 Å². The van der Waals surface area contributed by atoms with Crippen LogP contribution in [-0.2, 0) is 6.54 Å². The zero-order valence-electron chi connectivity index (χ0n) is 14.5. The maximum Gasteiger partial charge on any atom is 0.163 e. The molecule has 1 aromatic heterocycles. The Kier molecular flexibility index (Phi) is 5.05. The van der Waals surface area contributed by atoms with Gasteiger partial charge in [0, 0.05) is 35.9 Å². The van der Waals surface area contributed by atoms with Crippen molar-refractivity contribution in [3.63, 3.8) is 0 Å². The molecule has 1 heterocycles. The van der Waals surface area contributed by atoms with Gasteiger partial charge in [-0.1, -0.05) is 24.3 Å². The van der Waals surface area contributed by atoms with Crippen LogP contribution in [0.15, 0.2) is 48.7 Å². The molecule has 2 aromatic carbocycles. The molecular formula is C20H21N3O2. The van der Waals surface area contributed by atoms with Gasteiger partial charge >= 0.3 is 0 Å². The third-order valence-corrected chi connectivity index (χ3v) is 4.15. The number of nitrogens with one attached hydrogen (secondary N) is 1. The van der Waals surface area contributed by atoms with E-state index in [1.807, 2.05) is 55.4 Å². The maximum atomic E-state index is 12.6. The Morgan fingerprint density at radius 2 is 1.80 bits per heavy atom. The molecule has 0 aliphatic carbocycles. The van der Waals surface area contributed by atoms with E-state index in [0.717, 1.165) is 16.5 Å². The number of aromatic nitrogens is 2. The quantitative estimate of drug-likeness (QED) is 0.671. The van der Waals surface area contributed by atoms with E-state index in [0.29, 0.717) is 17.7 Å². The fourth-order valence-corrected chi connectivity index (χ4v) is 2.89. The first-order valence-electron chi connectivity index (χ1n) is 8.27. The minimum Gasteiger partial charge on any atom is -0.305 e. The van der Waals surface area contributed by atoms with Crippen molar-refractivity contribution in [3.05, 3.63) is 65.4 Å². The number of carbonyl (C=O) groups is 2. The van der Waals surface area contributed by atoms with E-state index in [1.165, 1.54) is 0 Å². The van der Waals surface area contributed by atoms with Crippen molar-refractivity contribution in [3.8, 4) is 0 Å². The minimum absolute atomic E-state index is 0.00943. The molecule has 3 aromatic rings. The second-order valence-corrected chi connectivity index (χ2v) is 6.41. The van der Waals surface area contributed by atoms with E-state index < -0.39 is 0 Å². The average molecular weight is 335 g/mol. The number of fused-ring (bicyclic) bond motifs is 1. The van der Waals surface area contributed by atoms with Gasteiger partial charge in [0.1, 0.15) is 0 Å². The summed E-state index contributed by atoms with van der Waals surface area (Å²) in [5.41, 5.74) is 3.20. The van der Waals surface area contributed by atoms with Crippen LogP contribution in [0.25, 0.3) is 10.9 Å². The normalized spacial score (nSPS) is 11.2. The molecule has 0 fully saturated rings. The molecule has 25 heavy (non-hydrogen) atoms. The molecule has 0 bridgehead atoms. The van der Waals surface area contributed by atoms with Crippen molar-refractivity contribution < 1.29 is 9.59 Å². The SMILES string of the molecule is CN(C)Cc1ccccc1C(=O)CCC(=O)c1ccc2[nH]ncc2c1. The number of H-pyrrole nitrogens is 1. The molecule has 0 spiro atoms. The van der Waals surface area contributed by atoms with E-state index in [1.54, 1.807) is 12.3 Å². The molecule has 0 aliphatic heterocycles. The van der Waals surface area contributed by atoms with Gasteiger partial charge in [0.25, 0.3) is 0 Å². The Morgan fingerprint density at radius 3 is 2.60 bits per heavy atom. The zero-order valence-corrected chi connectivity index (χ0v) is 14.5. The van der Waals surface area contributed by atoms with Gasteiger partial charge in [-0.25, -0.2) is 0 Å². The Balaban J connectivity index is 1.68. The third-order valence-electron chi connectivity index (χ3n) is 4.15. The van der Waals surface area contributed by atoms with Gasteiger partial charge in [0.05, 0.1) is 11.7 Å². The Morgan fingerprint density at radius 1 is 1.04 bits per heavy atom. The standard InChI is InChI=1S/C20H21N3O2/c1-23(2)13-15-5-3-4-6-17(15)20(25)10-9-19(24)14-7-8-18-16(11-14)12-21-22-18/h3-8,11-12H,9-10,13H2,1-2H3,(H,21,22). The summed E-state index contributed by atoms with van der Waals surface area (Å²) in [6, 6.07) is 13.0. The smallest absolute Gasteiger partial charge is 0.163 e. The zero-order chi connectivity index (χ0) is 17.8. The average Bonchev–Trinajstić information content (AvgIpc) is 3.07. The first-order chi connectivity index (χ1) is 12.0. The number of benzene rings is 2. The van der Waals surface area contributed by atoms with E-state index in [-0.39, 0.29) is 24.4 Å². The Hall–Kier alpha value is -2.79. The number of hydrogen-bond acceptors (Lipinski definition) is 4. The summed E-state index contributed by atoms with van der Waals surface area (Å²) in [7, 11) is 3.94. The summed E-state index contributed by atoms with van der Waals surface area (Å²) in [6.45, 7) is 0.701. The summed E-state index contributed by atoms with van der Waals surface area (Å²) >= 11 is 0. The lowest BCUT2D eigenvalue weighted by Gasteiger charge is -2.13. The number of carbonyl (C=O) groups excluding carboxylic acids is 2. The van der Waals surface area contributed by atoms with Crippen LogP contribution >= 0.6 is 0 Å². The third kappa shape index (κ3) is 4.00. The molecule has 0 atom stereocenters. The molecule has 0 amide bonds. The highest BCUT2D eigenvalue weighted by Gasteiger charge is 2.14. The lowest BCUT2D eigenvalue weighted by Crippen LogP contribution is -2.14. The van der Waals surface area contributed by atoms with Crippen molar-refractivity contribution in [1.29, 1.82) is 0 Å². The number of hydrogen-bond donors (Lipinski definition) is 1. The van der Waals surface area contributed by atoms with Crippen molar-refractivity contribution in [2.75, 3.05) is 14.1 Å². The van der Waals surface area contributed by atoms with Crippen LogP contribution in [0.2, 0.25) is 0 Å². The Bertz CT molecular complexity index is 912. The van der Waals surface area contributed by atoms with E-state index in [4.69, 9.17) is 0 Å². The van der Waals surface area contributed by atoms with Gasteiger partial charge in [-0.15, -0.1) is 0 Å². The van der Waals surface area contributed by atoms with Crippen molar-refractivity contribution in [1.82, 2.24) is 15.1 Å². The summed E-state index contributed by atoms with van der Waals surface area (Å²) < 4.78 is 0. The second-order valence-electron chi connectivity index (χ2n) is 6.41. The number of Topliss-reactive ketones (excluding diaryl/α,β-unsaturated/α-hetero) is 2. The first-order valence-corrected chi connectivity index (χ1v) is 8.27. The molecule has 1 N–H and O–H groups in total. The highest BCUT2D eigenvalue weighted by atomic mass is 16.1. The summed E-state index contributed by atoms with van der Waals surface area (Å²) in [5, 5.41) is 7.71. The predicted molar refractivity (Wildman–Crippen MR) is 97.8 cm³/mol. The monoisotopic (exact) mass is 335 g/mol. The topological polar surface area (TPSA) is 66.1 Å². The van der Waals surface area contributed by atoms with Gasteiger partial charge in [-0.2, -0.15) is 5.10 Å². The summed E-state index contributed by atoms with van der Waals surface area (Å²) in [6.07, 6.45) is 2.11. The fourth-order valence-electron chi connectivity index (χ4n) is 2.89. The van der Waals surface area contributed by atoms with Crippen LogP contribution in [0.1, 0.15) is 39.1 Å². The predicted octanol–water partition coefficient (Wildman–Crippen LogP) is 3.47. The summed E-state index contributed by atoms with van der Waals surface area (Å²) in [5.74, 6) is -0.0169. The Labute approximate surface area is 146 Å². The highest BCUT2D eigenvalue weighted by molar-refractivity contribution is 6.04. The minimum atomic E-state index is -0.0264. The van der Waals surface area contributed by atoms with Gasteiger partial charge in [-0.3, -0.25) is 14.7 Å². The van der Waals surface area contributed by atoms with Crippen LogP contribution in [0.3, 0.4) is 0 Å². The number of aromatic amines is 1. The largest absolute Gasteiger partial charge is 0.305 e. The van der Waals surface area contributed by atoms with E-state index in [2.05, 4.69) is 10.2 Å². The maximum absolute atomic E-state index is 12.6. The van der Waals surface area contributed by atoms with Crippen LogP contribution < -0.4 is 0 Å². The molecule has 5 nitrogen and oxygen atoms in total. The van der Waals surface area contributed by atoms with Gasteiger partial charge in [0.2, 0.25) is 0 Å². The second kappa shape index (κ2) is 7.40. The number of ketones is 2. The molecule has 0 saturated carbocycles. The van der Waals surface area contributed by atoms with Crippen molar-refractivity contribution >= 4 is 22.5 Å². The van der Waals surface area contributed by atoms with Gasteiger partial charge in [-0.05, 0) is 37.9 Å². The molecular weight excluding hydrogens is 314 g/mol. The van der Waals surface area contributed by atoms with Crippen LogP contribution in [0, 0.1) is 0 Å². The molecule has 128 valence electrons. The molecule has 5 heteroatoms. The number of nitrogens with zero attached hydrogens (tertiary/aromatic N) is 2. The summed E-state index contributed by atoms with van der Waals surface area (Å²) in [4.78, 5) is 27.0. The lowest BCUT2D eigenvalue weighted by atomic mass is 9.97. The number of rotatable bonds is 7. The van der Waals surface area contributed by atoms with Crippen LogP contribution in [-0.4, -0.2) is 40.8 Å². The lowest BCUT2D eigenvalue weighted by molar-refractivity contribution is 0.0916. The van der Waals surface area contributed by atoms with Crippen LogP contribution in [0.5, 0.6) is 0 Å². The van der Waals surface area contributed by atoms with Crippen LogP contribution in [0.4, 0.5) is 0 Å². The van der Waals surface area contributed by atoms with Gasteiger partial charge < -0.3 is 4.90 Å². The highest BCUT2D eigenvalue weighted by Crippen LogP contribution is 2.17. The first kappa shape index (κ1) is 17.0. The van der Waals surface area contributed by atoms with E-state index >= 15 is 0 Å². The molecule has 3 rings (SSSR count). The molecule has 0 radical (unpaired) electrons. The fraction of sp³-hybridized carbons (Fsp3) is 0.250. The van der Waals surface area contributed by atoms with Crippen molar-refractivity contribution in [2.24, 2.45) is 0 Å². The molecule has 0 aliphatic rings. The van der Waals surface area contributed by atoms with Gasteiger partial charge in [0.15, 0.2) is 11.6 Å². The van der Waals surface area contributed by atoms with E-state index in [9.17, 15) is 9.59 Å².